The minimum atomic E-state index is -4.94. The second-order valence-electron chi connectivity index (χ2n) is 6.50. The molecule has 0 radical (unpaired) electrons. The van der Waals surface area contributed by atoms with E-state index in [1.807, 2.05) is 0 Å². The van der Waals surface area contributed by atoms with E-state index in [4.69, 9.17) is 14.2 Å². The van der Waals surface area contributed by atoms with E-state index in [9.17, 15) is 33.0 Å². The van der Waals surface area contributed by atoms with Crippen LogP contribution in [-0.2, 0) is 30.1 Å². The zero-order valence-electron chi connectivity index (χ0n) is 19.4. The Bertz CT molecular complexity index is 1190. The van der Waals surface area contributed by atoms with E-state index in [1.54, 1.807) is 6.07 Å². The van der Waals surface area contributed by atoms with Crippen LogP contribution in [0.5, 0.6) is 0 Å². The molecule has 2 rings (SSSR count). The Morgan fingerprint density at radius 2 is 1.56 bits per heavy atom. The van der Waals surface area contributed by atoms with Gasteiger partial charge in [-0.3, -0.25) is 0 Å². The molecule has 0 saturated carbocycles. The third-order valence-electron chi connectivity index (χ3n) is 4.50. The van der Waals surface area contributed by atoms with Gasteiger partial charge in [-0.15, -0.1) is 0 Å². The Balaban J connectivity index is 2.91. The van der Waals surface area contributed by atoms with Gasteiger partial charge in [0, 0.05) is 26.4 Å². The van der Waals surface area contributed by atoms with Gasteiger partial charge in [-0.25, -0.2) is 19.5 Å². The molecular formula is C20H19F3N4O8S+2. The number of carbonyl (C=O) groups is 1. The summed E-state index contributed by atoms with van der Waals surface area (Å²) in [5.41, 5.74) is -3.38. The summed E-state index contributed by atoms with van der Waals surface area (Å²) in [5.74, 6) is -0.879. The van der Waals surface area contributed by atoms with Crippen molar-refractivity contribution in [3.63, 3.8) is 0 Å². The molecule has 192 valence electrons. The summed E-state index contributed by atoms with van der Waals surface area (Å²) >= 11 is 0.472. The molecule has 1 aromatic heterocycles. The molecule has 0 N–H and O–H groups in total. The van der Waals surface area contributed by atoms with Crippen LogP contribution in [0.2, 0.25) is 0 Å². The predicted octanol–water partition coefficient (Wildman–Crippen LogP) is 4.14. The van der Waals surface area contributed by atoms with Crippen molar-refractivity contribution in [3.8, 4) is 6.07 Å². The summed E-state index contributed by atoms with van der Waals surface area (Å²) in [6.07, 6.45) is -6.16. The molecule has 0 aliphatic heterocycles. The number of nitriles is 1. The van der Waals surface area contributed by atoms with Crippen molar-refractivity contribution in [2.45, 2.75) is 22.4 Å². The zero-order chi connectivity index (χ0) is 27.2. The number of methoxy groups -OCH3 is 3. The number of ether oxygens (including phenoxy) is 3. The molecule has 0 aliphatic carbocycles. The normalized spacial score (nSPS) is 11.1. The molecule has 0 spiro atoms. The van der Waals surface area contributed by atoms with Gasteiger partial charge in [-0.05, 0) is 6.07 Å². The van der Waals surface area contributed by atoms with Crippen LogP contribution in [0.3, 0.4) is 0 Å². The fourth-order valence-electron chi connectivity index (χ4n) is 2.87. The molecule has 0 aliphatic rings. The van der Waals surface area contributed by atoms with Gasteiger partial charge in [0.05, 0.1) is 33.6 Å². The largest absolute Gasteiger partial charge is 0.465 e. The second-order valence-corrected chi connectivity index (χ2v) is 7.50. The van der Waals surface area contributed by atoms with Gasteiger partial charge in [0.15, 0.2) is 19.1 Å². The summed E-state index contributed by atoms with van der Waals surface area (Å²) in [6, 6.07) is 3.80. The Labute approximate surface area is 205 Å². The van der Waals surface area contributed by atoms with Crippen molar-refractivity contribution in [1.82, 2.24) is 4.98 Å². The molecule has 0 amide bonds. The van der Waals surface area contributed by atoms with Gasteiger partial charge in [-0.2, -0.15) is 18.4 Å². The number of esters is 1. The number of nitrogens with zero attached hydrogens (tertiary/aromatic N) is 4. The van der Waals surface area contributed by atoms with Crippen molar-refractivity contribution in [2.75, 3.05) is 35.5 Å². The van der Waals surface area contributed by atoms with E-state index in [-0.39, 0.29) is 31.7 Å². The van der Waals surface area contributed by atoms with Crippen LogP contribution in [0.15, 0.2) is 28.1 Å². The van der Waals surface area contributed by atoms with Gasteiger partial charge >= 0.3 is 23.5 Å². The van der Waals surface area contributed by atoms with E-state index >= 15 is 0 Å². The summed E-state index contributed by atoms with van der Waals surface area (Å²) in [5, 5.41) is 9.45. The Morgan fingerprint density at radius 1 is 1.03 bits per heavy atom. The van der Waals surface area contributed by atoms with Crippen molar-refractivity contribution in [3.05, 3.63) is 50.4 Å². The molecule has 12 nitrogen and oxygen atoms in total. The number of carbonyl (C=O) groups excluding carboxylic acids is 1. The SMILES string of the molecule is COC(=O)c1cc(C#N)c(Sc2c([N+](=O)OC)cc(C(F)(F)F)cc2[N+](=O)OC)nc1C(OC)OC. The fraction of sp³-hybridized carbons (Fsp3) is 0.350. The number of benzene rings is 1. The molecular weight excluding hydrogens is 513 g/mol. The van der Waals surface area contributed by atoms with E-state index < -0.39 is 40.3 Å². The summed E-state index contributed by atoms with van der Waals surface area (Å²) in [4.78, 5) is 49.3. The lowest BCUT2D eigenvalue weighted by Crippen LogP contribution is -2.16. The molecule has 36 heavy (non-hydrogen) atoms. The van der Waals surface area contributed by atoms with Gasteiger partial charge in [0.2, 0.25) is 6.29 Å². The van der Waals surface area contributed by atoms with Crippen LogP contribution in [0.1, 0.15) is 33.5 Å². The monoisotopic (exact) mass is 532 g/mol. The lowest BCUT2D eigenvalue weighted by Gasteiger charge is -2.17. The maximum Gasteiger partial charge on any atom is 0.416 e. The molecule has 0 fully saturated rings. The van der Waals surface area contributed by atoms with Crippen LogP contribution in [-0.4, -0.2) is 56.3 Å². The van der Waals surface area contributed by atoms with Crippen molar-refractivity contribution >= 4 is 29.1 Å². The maximum atomic E-state index is 13.5. The minimum Gasteiger partial charge on any atom is -0.465 e. The topological polar surface area (TPSA) is 140 Å². The van der Waals surface area contributed by atoms with Gasteiger partial charge in [0.1, 0.15) is 16.8 Å². The predicted molar refractivity (Wildman–Crippen MR) is 113 cm³/mol. The molecule has 0 saturated heterocycles. The molecule has 1 heterocycles. The summed E-state index contributed by atoms with van der Waals surface area (Å²) in [7, 11) is 5.39. The number of pyridine rings is 1. The van der Waals surface area contributed by atoms with E-state index in [0.29, 0.717) is 23.9 Å². The van der Waals surface area contributed by atoms with Crippen molar-refractivity contribution < 1.29 is 51.7 Å². The first-order valence-electron chi connectivity index (χ1n) is 9.52. The second kappa shape index (κ2) is 11.7. The molecule has 0 bridgehead atoms. The molecule has 16 heteroatoms. The minimum absolute atomic E-state index is 0.139. The van der Waals surface area contributed by atoms with E-state index in [0.717, 1.165) is 27.4 Å². The summed E-state index contributed by atoms with van der Waals surface area (Å²) < 4.78 is 55.4. The molecule has 2 aromatic rings. The van der Waals surface area contributed by atoms with Gasteiger partial charge in [0.25, 0.3) is 9.85 Å². The number of rotatable bonds is 10. The quantitative estimate of drug-likeness (QED) is 0.248. The zero-order valence-corrected chi connectivity index (χ0v) is 20.2. The first-order chi connectivity index (χ1) is 17.0. The van der Waals surface area contributed by atoms with Crippen LogP contribution in [0, 0.1) is 21.1 Å². The Morgan fingerprint density at radius 3 is 1.94 bits per heavy atom. The van der Waals surface area contributed by atoms with Crippen molar-refractivity contribution in [2.24, 2.45) is 0 Å². The highest BCUT2D eigenvalue weighted by molar-refractivity contribution is 7.99. The van der Waals surface area contributed by atoms with E-state index in [2.05, 4.69) is 14.7 Å². The van der Waals surface area contributed by atoms with E-state index in [1.165, 1.54) is 14.2 Å². The highest BCUT2D eigenvalue weighted by Crippen LogP contribution is 2.46. The van der Waals surface area contributed by atoms with Crippen LogP contribution < -0.4 is 0 Å². The number of hydrogen-bond acceptors (Lipinski definition) is 11. The summed E-state index contributed by atoms with van der Waals surface area (Å²) in [6.45, 7) is 0. The Kier molecular flexibility index (Phi) is 9.28. The smallest absolute Gasteiger partial charge is 0.416 e. The maximum absolute atomic E-state index is 13.5. The third-order valence-corrected chi connectivity index (χ3v) is 5.62. The van der Waals surface area contributed by atoms with Crippen molar-refractivity contribution in [1.29, 1.82) is 5.26 Å². The van der Waals surface area contributed by atoms with Crippen LogP contribution >= 0.6 is 11.8 Å². The first kappa shape index (κ1) is 28.4. The highest BCUT2D eigenvalue weighted by atomic mass is 32.2. The highest BCUT2D eigenvalue weighted by Gasteiger charge is 2.42. The van der Waals surface area contributed by atoms with Gasteiger partial charge < -0.3 is 14.2 Å². The average molecular weight is 532 g/mol. The number of halogens is 3. The lowest BCUT2D eigenvalue weighted by molar-refractivity contribution is -0.745. The Hall–Kier alpha value is -3.81. The third kappa shape index (κ3) is 5.87. The molecule has 0 unspecified atom stereocenters. The number of hydrogen-bond donors (Lipinski definition) is 0. The standard InChI is InChI=1S/C20H19F3N4O8S/c1-31-18(28)12-6-10(9-24)17(25-15(12)19(32-2)33-3)36-16-13(26(29)34-4)7-11(20(21,22)23)8-14(16)27(30)35-5/h6-8,19H,1-5H3/q+2. The first-order valence-corrected chi connectivity index (χ1v) is 10.3. The molecule has 0 atom stereocenters. The lowest BCUT2D eigenvalue weighted by atomic mass is 10.1. The number of alkyl halides is 3. The fourth-order valence-corrected chi connectivity index (χ4v) is 3.90. The van der Waals surface area contributed by atoms with Gasteiger partial charge in [-0.1, -0.05) is 11.8 Å². The molecule has 1 aromatic carbocycles. The van der Waals surface area contributed by atoms with Crippen LogP contribution in [0.4, 0.5) is 24.5 Å². The average Bonchev–Trinajstić information content (AvgIpc) is 2.87. The van der Waals surface area contributed by atoms with Crippen LogP contribution in [0.25, 0.3) is 0 Å². The number of aromatic nitrogens is 1.